The van der Waals surface area contributed by atoms with E-state index in [4.69, 9.17) is 0 Å². The van der Waals surface area contributed by atoms with Crippen LogP contribution >= 0.6 is 0 Å². The molecule has 226 valence electrons. The van der Waals surface area contributed by atoms with E-state index in [9.17, 15) is 0 Å². The number of hydrogen-bond donors (Lipinski definition) is 1. The maximum Gasteiger partial charge on any atom is 0.0471 e. The lowest BCUT2D eigenvalue weighted by atomic mass is 9.83. The fraction of sp³-hybridized carbons (Fsp3) is 0. The van der Waals surface area contributed by atoms with Gasteiger partial charge < -0.3 is 4.98 Å². The van der Waals surface area contributed by atoms with Crippen LogP contribution in [0.4, 0.5) is 0 Å². The summed E-state index contributed by atoms with van der Waals surface area (Å²) < 4.78 is 0. The van der Waals surface area contributed by atoms with Crippen molar-refractivity contribution in [1.29, 1.82) is 0 Å². The minimum atomic E-state index is 1.16. The van der Waals surface area contributed by atoms with Gasteiger partial charge in [-0.3, -0.25) is 0 Å². The normalized spacial score (nSPS) is 12.1. The van der Waals surface area contributed by atoms with Crippen LogP contribution in [0.2, 0.25) is 0 Å². The standard InChI is InChI=1S/C48H29N/c1-2-13-31-27-45-42(25-30(31)12-1)36-24-23-33(28-44(36)49-45)47-38-17-7-9-19-40(38)48(41-20-10-8-18-39(41)47)43-26-32-22-21-29-11-3-4-14-34(29)46(32)37-16-6-5-15-35(37)43/h1-28,49H. The van der Waals surface area contributed by atoms with E-state index in [0.717, 1.165) is 5.52 Å². The third kappa shape index (κ3) is 3.82. The number of rotatable bonds is 2. The fourth-order valence-electron chi connectivity index (χ4n) is 8.56. The molecule has 11 rings (SSSR count). The average molecular weight is 620 g/mol. The SMILES string of the molecule is c1ccc2cc3c(cc2c1)[nH]c1cc(-c2c4ccccc4c(-c4cc5ccc6ccccc6c5c5ccccc45)c4ccccc24)ccc13. The molecular formula is C48H29N. The molecule has 0 atom stereocenters. The Morgan fingerprint density at radius 3 is 1.53 bits per heavy atom. The number of aromatic nitrogens is 1. The van der Waals surface area contributed by atoms with Crippen LogP contribution in [0.3, 0.4) is 0 Å². The van der Waals surface area contributed by atoms with Gasteiger partial charge in [0.05, 0.1) is 0 Å². The van der Waals surface area contributed by atoms with Crippen LogP contribution in [0, 0.1) is 0 Å². The zero-order valence-corrected chi connectivity index (χ0v) is 26.7. The molecule has 0 saturated heterocycles. The molecule has 0 radical (unpaired) electrons. The van der Waals surface area contributed by atoms with Crippen molar-refractivity contribution in [2.45, 2.75) is 0 Å². The second kappa shape index (κ2) is 10.0. The van der Waals surface area contributed by atoms with Crippen molar-refractivity contribution in [3.8, 4) is 22.3 Å². The Bertz CT molecular complexity index is 3100. The predicted molar refractivity (Wildman–Crippen MR) is 212 cm³/mol. The summed E-state index contributed by atoms with van der Waals surface area (Å²) in [4.78, 5) is 3.76. The molecule has 1 aromatic heterocycles. The van der Waals surface area contributed by atoms with Gasteiger partial charge in [0, 0.05) is 21.8 Å². The molecule has 0 aliphatic carbocycles. The smallest absolute Gasteiger partial charge is 0.0471 e. The first-order valence-corrected chi connectivity index (χ1v) is 17.0. The van der Waals surface area contributed by atoms with E-state index in [1.807, 2.05) is 0 Å². The van der Waals surface area contributed by atoms with Crippen LogP contribution in [-0.4, -0.2) is 4.98 Å². The molecule has 0 unspecified atom stereocenters. The molecule has 0 bridgehead atoms. The summed E-state index contributed by atoms with van der Waals surface area (Å²) in [5.41, 5.74) is 7.39. The van der Waals surface area contributed by atoms with Gasteiger partial charge in [0.1, 0.15) is 0 Å². The van der Waals surface area contributed by atoms with Gasteiger partial charge in [-0.25, -0.2) is 0 Å². The van der Waals surface area contributed by atoms with Gasteiger partial charge in [0.25, 0.3) is 0 Å². The van der Waals surface area contributed by atoms with Crippen molar-refractivity contribution in [3.63, 3.8) is 0 Å². The van der Waals surface area contributed by atoms with Crippen LogP contribution in [0.25, 0.3) is 109 Å². The third-order valence-electron chi connectivity index (χ3n) is 10.7. The molecule has 10 aromatic carbocycles. The second-order valence-electron chi connectivity index (χ2n) is 13.3. The van der Waals surface area contributed by atoms with Crippen LogP contribution in [0.1, 0.15) is 0 Å². The van der Waals surface area contributed by atoms with Gasteiger partial charge >= 0.3 is 0 Å². The molecule has 0 saturated carbocycles. The lowest BCUT2D eigenvalue weighted by molar-refractivity contribution is 1.55. The van der Waals surface area contributed by atoms with E-state index in [1.54, 1.807) is 0 Å². The number of fused-ring (bicyclic) bond motifs is 11. The lowest BCUT2D eigenvalue weighted by Gasteiger charge is -2.20. The van der Waals surface area contributed by atoms with Gasteiger partial charge in [-0.1, -0.05) is 146 Å². The van der Waals surface area contributed by atoms with Crippen molar-refractivity contribution in [2.24, 2.45) is 0 Å². The molecule has 1 N–H and O–H groups in total. The van der Waals surface area contributed by atoms with Gasteiger partial charge in [0.2, 0.25) is 0 Å². The van der Waals surface area contributed by atoms with E-state index in [1.165, 1.54) is 103 Å². The predicted octanol–water partition coefficient (Wildman–Crippen LogP) is 13.6. The molecule has 0 fully saturated rings. The summed E-state index contributed by atoms with van der Waals surface area (Å²) in [6.07, 6.45) is 0. The Labute approximate surface area is 282 Å². The molecule has 0 aliphatic heterocycles. The largest absolute Gasteiger partial charge is 0.354 e. The maximum absolute atomic E-state index is 3.76. The summed E-state index contributed by atoms with van der Waals surface area (Å²) in [7, 11) is 0. The molecule has 0 amide bonds. The first-order chi connectivity index (χ1) is 24.3. The van der Waals surface area contributed by atoms with E-state index >= 15 is 0 Å². The van der Waals surface area contributed by atoms with Crippen molar-refractivity contribution >= 4 is 86.4 Å². The first-order valence-electron chi connectivity index (χ1n) is 17.0. The highest BCUT2D eigenvalue weighted by Crippen LogP contribution is 2.47. The molecule has 1 nitrogen and oxygen atoms in total. The zero-order chi connectivity index (χ0) is 32.1. The molecular weight excluding hydrogens is 591 g/mol. The van der Waals surface area contributed by atoms with Crippen molar-refractivity contribution in [2.75, 3.05) is 0 Å². The monoisotopic (exact) mass is 619 g/mol. The Balaban J connectivity index is 1.22. The quantitative estimate of drug-likeness (QED) is 0.146. The highest BCUT2D eigenvalue weighted by Gasteiger charge is 2.20. The molecule has 1 heteroatoms. The van der Waals surface area contributed by atoms with Crippen LogP contribution < -0.4 is 0 Å². The lowest BCUT2D eigenvalue weighted by Crippen LogP contribution is -1.92. The highest BCUT2D eigenvalue weighted by atomic mass is 14.7. The van der Waals surface area contributed by atoms with Gasteiger partial charge in [0.15, 0.2) is 0 Å². The Kier molecular flexibility index (Phi) is 5.45. The van der Waals surface area contributed by atoms with Crippen LogP contribution in [0.15, 0.2) is 170 Å². The summed E-state index contributed by atoms with van der Waals surface area (Å²) in [6.45, 7) is 0. The summed E-state index contributed by atoms with van der Waals surface area (Å²) >= 11 is 0. The third-order valence-corrected chi connectivity index (χ3v) is 10.7. The first kappa shape index (κ1) is 26.6. The molecule has 49 heavy (non-hydrogen) atoms. The number of benzene rings is 10. The highest BCUT2D eigenvalue weighted by molar-refractivity contribution is 6.28. The topological polar surface area (TPSA) is 15.8 Å². The van der Waals surface area contributed by atoms with Crippen LogP contribution in [-0.2, 0) is 0 Å². The van der Waals surface area contributed by atoms with Crippen molar-refractivity contribution in [1.82, 2.24) is 4.98 Å². The summed E-state index contributed by atoms with van der Waals surface area (Å²) in [5.74, 6) is 0. The number of aromatic amines is 1. The Morgan fingerprint density at radius 1 is 0.286 bits per heavy atom. The minimum absolute atomic E-state index is 1.16. The number of H-pyrrole nitrogens is 1. The second-order valence-corrected chi connectivity index (χ2v) is 13.3. The van der Waals surface area contributed by atoms with E-state index < -0.39 is 0 Å². The molecule has 0 spiro atoms. The number of hydrogen-bond acceptors (Lipinski definition) is 0. The van der Waals surface area contributed by atoms with E-state index in [2.05, 4.69) is 175 Å². The maximum atomic E-state index is 3.76. The molecule has 11 aromatic rings. The molecule has 1 heterocycles. The van der Waals surface area contributed by atoms with Crippen molar-refractivity contribution < 1.29 is 0 Å². The van der Waals surface area contributed by atoms with Crippen LogP contribution in [0.5, 0.6) is 0 Å². The van der Waals surface area contributed by atoms with E-state index in [-0.39, 0.29) is 0 Å². The zero-order valence-electron chi connectivity index (χ0n) is 26.7. The van der Waals surface area contributed by atoms with E-state index in [0.29, 0.717) is 0 Å². The number of nitrogens with one attached hydrogen (secondary N) is 1. The summed E-state index contributed by atoms with van der Waals surface area (Å²) in [5, 5.41) is 17.8. The van der Waals surface area contributed by atoms with Crippen molar-refractivity contribution in [3.05, 3.63) is 170 Å². The van der Waals surface area contributed by atoms with Gasteiger partial charge in [-0.15, -0.1) is 0 Å². The van der Waals surface area contributed by atoms with Gasteiger partial charge in [-0.05, 0) is 111 Å². The molecule has 0 aliphatic rings. The summed E-state index contributed by atoms with van der Waals surface area (Å²) in [6, 6.07) is 62.8. The fourth-order valence-corrected chi connectivity index (χ4v) is 8.56. The van der Waals surface area contributed by atoms with Gasteiger partial charge in [-0.2, -0.15) is 0 Å². The Hall–Kier alpha value is -6.44. The minimum Gasteiger partial charge on any atom is -0.354 e. The average Bonchev–Trinajstić information content (AvgIpc) is 3.52. The Morgan fingerprint density at radius 2 is 0.816 bits per heavy atom.